The Morgan fingerprint density at radius 1 is 1.33 bits per heavy atom. The van der Waals surface area contributed by atoms with Gasteiger partial charge in [0.05, 0.1) is 27.2 Å². The Hall–Kier alpha value is -1.69. The average Bonchev–Trinajstić information content (AvgIpc) is 2.96. The second-order valence-corrected chi connectivity index (χ2v) is 5.74. The average molecular weight is 308 g/mol. The van der Waals surface area contributed by atoms with Crippen LogP contribution in [0.1, 0.15) is 12.5 Å². The van der Waals surface area contributed by atoms with Crippen LogP contribution in [0.2, 0.25) is 0 Å². The smallest absolute Gasteiger partial charge is 0.233 e. The molecule has 0 saturated heterocycles. The minimum Gasteiger partial charge on any atom is -0.493 e. The van der Waals surface area contributed by atoms with Crippen LogP contribution in [0, 0.1) is 0 Å². The van der Waals surface area contributed by atoms with Gasteiger partial charge in [-0.3, -0.25) is 14.7 Å². The third kappa shape index (κ3) is 3.69. The molecule has 1 amide bonds. The van der Waals surface area contributed by atoms with Crippen molar-refractivity contribution in [3.8, 4) is 11.5 Å². The van der Waals surface area contributed by atoms with E-state index in [1.165, 1.54) is 0 Å². The molecule has 2 rings (SSSR count). The fourth-order valence-electron chi connectivity index (χ4n) is 2.17. The number of methoxy groups -OCH3 is 2. The van der Waals surface area contributed by atoms with Crippen LogP contribution in [0.5, 0.6) is 11.5 Å². The summed E-state index contributed by atoms with van der Waals surface area (Å²) in [5.41, 5.74) is 0.908. The molecule has 0 saturated carbocycles. The number of carbonyl (C=O) groups is 1. The van der Waals surface area contributed by atoms with Crippen LogP contribution in [-0.2, 0) is 11.2 Å². The van der Waals surface area contributed by atoms with E-state index in [2.05, 4.69) is 11.9 Å². The number of amidine groups is 1. The monoisotopic (exact) mass is 308 g/mol. The Morgan fingerprint density at radius 3 is 2.76 bits per heavy atom. The molecule has 1 aliphatic heterocycles. The molecule has 0 atom stereocenters. The van der Waals surface area contributed by atoms with Gasteiger partial charge in [-0.05, 0) is 23.4 Å². The lowest BCUT2D eigenvalue weighted by Gasteiger charge is -2.18. The Kier molecular flexibility index (Phi) is 5.50. The van der Waals surface area contributed by atoms with Crippen molar-refractivity contribution in [2.45, 2.75) is 13.3 Å². The Morgan fingerprint density at radius 2 is 2.10 bits per heavy atom. The molecule has 6 heteroatoms. The summed E-state index contributed by atoms with van der Waals surface area (Å²) in [5, 5.41) is 0.836. The third-order valence-electron chi connectivity index (χ3n) is 3.18. The van der Waals surface area contributed by atoms with E-state index in [-0.39, 0.29) is 5.91 Å². The summed E-state index contributed by atoms with van der Waals surface area (Å²) in [5.74, 6) is 2.29. The number of nitrogens with zero attached hydrogens (tertiary/aromatic N) is 2. The van der Waals surface area contributed by atoms with E-state index in [9.17, 15) is 4.79 Å². The maximum atomic E-state index is 12.4. The zero-order valence-corrected chi connectivity index (χ0v) is 13.4. The molecule has 0 unspecified atom stereocenters. The largest absolute Gasteiger partial charge is 0.493 e. The number of hydrogen-bond donors (Lipinski definition) is 0. The maximum Gasteiger partial charge on any atom is 0.233 e. The van der Waals surface area contributed by atoms with Gasteiger partial charge in [0.25, 0.3) is 0 Å². The highest BCUT2D eigenvalue weighted by molar-refractivity contribution is 8.13. The van der Waals surface area contributed by atoms with Crippen molar-refractivity contribution >= 4 is 22.8 Å². The van der Waals surface area contributed by atoms with Gasteiger partial charge < -0.3 is 9.47 Å². The Balaban J connectivity index is 2.07. The number of benzene rings is 1. The predicted octanol–water partition coefficient (Wildman–Crippen LogP) is 2.20. The summed E-state index contributed by atoms with van der Waals surface area (Å²) in [4.78, 5) is 18.6. The van der Waals surface area contributed by atoms with Crippen LogP contribution in [0.25, 0.3) is 0 Å². The lowest BCUT2D eigenvalue weighted by molar-refractivity contribution is -0.126. The van der Waals surface area contributed by atoms with Crippen molar-refractivity contribution in [3.63, 3.8) is 0 Å². The predicted molar refractivity (Wildman–Crippen MR) is 85.4 cm³/mol. The molecule has 1 aromatic carbocycles. The van der Waals surface area contributed by atoms with E-state index in [0.717, 1.165) is 16.5 Å². The molecule has 1 aromatic rings. The van der Waals surface area contributed by atoms with Gasteiger partial charge >= 0.3 is 0 Å². The number of ether oxygens (including phenoxy) is 2. The molecule has 0 N–H and O–H groups in total. The first-order valence-corrected chi connectivity index (χ1v) is 7.86. The minimum atomic E-state index is 0.0689. The van der Waals surface area contributed by atoms with E-state index in [0.29, 0.717) is 31.0 Å². The number of carbonyl (C=O) groups excluding carboxylic acids is 1. The summed E-state index contributed by atoms with van der Waals surface area (Å²) >= 11 is 1.61. The highest BCUT2D eigenvalue weighted by Gasteiger charge is 2.23. The van der Waals surface area contributed by atoms with Crippen molar-refractivity contribution in [2.75, 3.05) is 33.1 Å². The first-order valence-electron chi connectivity index (χ1n) is 6.88. The zero-order valence-electron chi connectivity index (χ0n) is 12.6. The van der Waals surface area contributed by atoms with Gasteiger partial charge in [0, 0.05) is 6.54 Å². The topological polar surface area (TPSA) is 51.1 Å². The lowest BCUT2D eigenvalue weighted by Crippen LogP contribution is -2.34. The number of rotatable bonds is 5. The van der Waals surface area contributed by atoms with E-state index >= 15 is 0 Å². The van der Waals surface area contributed by atoms with Crippen LogP contribution >= 0.6 is 11.8 Å². The lowest BCUT2D eigenvalue weighted by atomic mass is 10.1. The van der Waals surface area contributed by atoms with Gasteiger partial charge in [-0.15, -0.1) is 0 Å². The zero-order chi connectivity index (χ0) is 15.2. The van der Waals surface area contributed by atoms with Crippen LogP contribution in [-0.4, -0.2) is 49.0 Å². The van der Waals surface area contributed by atoms with Crippen molar-refractivity contribution < 1.29 is 14.3 Å². The second-order valence-electron chi connectivity index (χ2n) is 4.51. The van der Waals surface area contributed by atoms with E-state index in [1.54, 1.807) is 30.9 Å². The summed E-state index contributed by atoms with van der Waals surface area (Å²) < 4.78 is 10.5. The highest BCUT2D eigenvalue weighted by atomic mass is 32.2. The second kappa shape index (κ2) is 7.36. The molecule has 1 aliphatic rings. The molecule has 0 spiro atoms. The molecule has 0 aromatic heterocycles. The van der Waals surface area contributed by atoms with Gasteiger partial charge in [-0.2, -0.15) is 0 Å². The van der Waals surface area contributed by atoms with E-state index in [4.69, 9.17) is 9.47 Å². The number of amides is 1. The minimum absolute atomic E-state index is 0.0689. The Labute approximate surface area is 129 Å². The molecule has 21 heavy (non-hydrogen) atoms. The van der Waals surface area contributed by atoms with Crippen LogP contribution < -0.4 is 9.47 Å². The number of thioether (sulfide) groups is 1. The molecular weight excluding hydrogens is 288 g/mol. The van der Waals surface area contributed by atoms with Crippen LogP contribution in [0.15, 0.2) is 23.2 Å². The normalized spacial score (nSPS) is 14.0. The molecule has 0 aliphatic carbocycles. The van der Waals surface area contributed by atoms with Crippen molar-refractivity contribution in [1.29, 1.82) is 0 Å². The van der Waals surface area contributed by atoms with Gasteiger partial charge in [0.2, 0.25) is 5.91 Å². The standard InChI is InChI=1S/C15H20N2O3S/c1-4-21-15-16-7-8-17(15)14(18)10-11-5-6-12(19-2)13(9-11)20-3/h5-6,9H,4,7-8,10H2,1-3H3. The third-order valence-corrected chi connectivity index (χ3v) is 4.08. The number of hydrogen-bond acceptors (Lipinski definition) is 5. The summed E-state index contributed by atoms with van der Waals surface area (Å²) in [6.45, 7) is 3.43. The number of aliphatic imine (C=N–C) groups is 1. The SMILES string of the molecule is CCSC1=NCCN1C(=O)Cc1ccc(OC)c(OC)c1. The van der Waals surface area contributed by atoms with Crippen molar-refractivity contribution in [1.82, 2.24) is 4.90 Å². The van der Waals surface area contributed by atoms with Gasteiger partial charge in [0.1, 0.15) is 0 Å². The quantitative estimate of drug-likeness (QED) is 0.837. The van der Waals surface area contributed by atoms with Crippen LogP contribution in [0.3, 0.4) is 0 Å². The first kappa shape index (κ1) is 15.7. The van der Waals surface area contributed by atoms with Crippen molar-refractivity contribution in [2.24, 2.45) is 4.99 Å². The van der Waals surface area contributed by atoms with Gasteiger partial charge in [-0.1, -0.05) is 24.8 Å². The van der Waals surface area contributed by atoms with Gasteiger partial charge in [0.15, 0.2) is 16.7 Å². The highest BCUT2D eigenvalue weighted by Crippen LogP contribution is 2.28. The van der Waals surface area contributed by atoms with Gasteiger partial charge in [-0.25, -0.2) is 0 Å². The summed E-state index contributed by atoms with van der Waals surface area (Å²) in [6, 6.07) is 5.55. The van der Waals surface area contributed by atoms with Crippen molar-refractivity contribution in [3.05, 3.63) is 23.8 Å². The molecule has 0 fully saturated rings. The van der Waals surface area contributed by atoms with E-state index in [1.807, 2.05) is 18.2 Å². The molecule has 5 nitrogen and oxygen atoms in total. The molecule has 0 radical (unpaired) electrons. The maximum absolute atomic E-state index is 12.4. The fraction of sp³-hybridized carbons (Fsp3) is 0.467. The molecule has 1 heterocycles. The fourth-order valence-corrected chi connectivity index (χ4v) is 2.96. The molecular formula is C15H20N2O3S. The Bertz CT molecular complexity index is 546. The summed E-state index contributed by atoms with van der Waals surface area (Å²) in [6.07, 6.45) is 0.337. The van der Waals surface area contributed by atoms with E-state index < -0.39 is 0 Å². The van der Waals surface area contributed by atoms with Crippen LogP contribution in [0.4, 0.5) is 0 Å². The molecule has 114 valence electrons. The first-order chi connectivity index (χ1) is 10.2. The molecule has 0 bridgehead atoms. The summed E-state index contributed by atoms with van der Waals surface area (Å²) in [7, 11) is 3.18.